The van der Waals surface area contributed by atoms with Crippen molar-refractivity contribution in [1.82, 2.24) is 19.5 Å². The quantitative estimate of drug-likeness (QED) is 0.342. The van der Waals surface area contributed by atoms with Crippen molar-refractivity contribution in [1.29, 1.82) is 0 Å². The van der Waals surface area contributed by atoms with E-state index in [4.69, 9.17) is 5.11 Å². The van der Waals surface area contributed by atoms with Gasteiger partial charge in [0.2, 0.25) is 0 Å². The Morgan fingerprint density at radius 3 is 2.48 bits per heavy atom. The maximum absolute atomic E-state index is 10.0. The summed E-state index contributed by atoms with van der Waals surface area (Å²) in [4.78, 5) is 22.6. The van der Waals surface area contributed by atoms with Crippen molar-refractivity contribution in [3.05, 3.63) is 60.9 Å². The zero-order valence-electron chi connectivity index (χ0n) is 12.6. The zero-order chi connectivity index (χ0) is 15.9. The standard InChI is InChI=1S/C11H7N4.C5H8O2.Ir/c1-2-6-12-10(5-1)15-8-14-9-4-3-7-13-11(9)15;1-4(6)3-5(2)7;/h1-7H;3,6H,1-2H3;/q-1;;/b;4-3-;. The Bertz CT molecular complexity index is 796. The van der Waals surface area contributed by atoms with Crippen LogP contribution in [0.5, 0.6) is 0 Å². The van der Waals surface area contributed by atoms with Gasteiger partial charge in [0.05, 0.1) is 11.6 Å². The molecule has 1 N–H and O–H groups in total. The molecule has 0 unspecified atom stereocenters. The van der Waals surface area contributed by atoms with Crippen molar-refractivity contribution in [3.8, 4) is 5.82 Å². The van der Waals surface area contributed by atoms with Gasteiger partial charge in [-0.3, -0.25) is 14.8 Å². The molecule has 0 aliphatic carbocycles. The van der Waals surface area contributed by atoms with E-state index in [9.17, 15) is 4.79 Å². The van der Waals surface area contributed by atoms with Crippen LogP contribution >= 0.6 is 0 Å². The van der Waals surface area contributed by atoms with E-state index < -0.39 is 0 Å². The number of carbonyl (C=O) groups is 1. The minimum Gasteiger partial charge on any atom is -0.512 e. The first-order chi connectivity index (χ1) is 10.6. The molecule has 0 spiro atoms. The van der Waals surface area contributed by atoms with Gasteiger partial charge in [-0.2, -0.15) is 0 Å². The Hall–Kier alpha value is -2.37. The van der Waals surface area contributed by atoms with Gasteiger partial charge >= 0.3 is 0 Å². The molecule has 0 atom stereocenters. The van der Waals surface area contributed by atoms with Gasteiger partial charge in [0, 0.05) is 50.5 Å². The second-order valence-electron chi connectivity index (χ2n) is 4.48. The van der Waals surface area contributed by atoms with E-state index in [1.165, 1.54) is 19.9 Å². The SMILES string of the molecule is CC(=O)/C=C(/C)O.[Ir].[c-]1nc2cccnc2n1-c1ccccn1. The number of allylic oxidation sites excluding steroid dienone is 2. The van der Waals surface area contributed by atoms with Crippen molar-refractivity contribution in [2.75, 3.05) is 0 Å². The molecule has 0 amide bonds. The predicted octanol–water partition coefficient (Wildman–Crippen LogP) is 2.65. The minimum absolute atomic E-state index is 0. The van der Waals surface area contributed by atoms with Gasteiger partial charge in [0.1, 0.15) is 0 Å². The number of rotatable bonds is 2. The molecule has 0 fully saturated rings. The Morgan fingerprint density at radius 2 is 1.91 bits per heavy atom. The summed E-state index contributed by atoms with van der Waals surface area (Å²) in [5, 5.41) is 8.36. The summed E-state index contributed by atoms with van der Waals surface area (Å²) in [5.74, 6) is 0.714. The number of aliphatic hydroxyl groups is 1. The van der Waals surface area contributed by atoms with Crippen molar-refractivity contribution in [2.24, 2.45) is 0 Å². The first kappa shape index (κ1) is 18.7. The van der Waals surface area contributed by atoms with Crippen LogP contribution in [0.2, 0.25) is 0 Å². The molecule has 0 saturated heterocycles. The van der Waals surface area contributed by atoms with Crippen molar-refractivity contribution < 1.29 is 30.0 Å². The summed E-state index contributed by atoms with van der Waals surface area (Å²) in [6.45, 7) is 2.85. The number of nitrogens with zero attached hydrogens (tertiary/aromatic N) is 4. The maximum Gasteiger partial charge on any atom is 0.155 e. The fraction of sp³-hybridized carbons (Fsp3) is 0.125. The molecular weight excluding hydrogens is 472 g/mol. The predicted molar refractivity (Wildman–Crippen MR) is 82.6 cm³/mol. The molecule has 0 saturated carbocycles. The van der Waals surface area contributed by atoms with Crippen molar-refractivity contribution in [2.45, 2.75) is 13.8 Å². The van der Waals surface area contributed by atoms with Gasteiger partial charge in [-0.05, 0) is 25.4 Å². The summed E-state index contributed by atoms with van der Waals surface area (Å²) in [6.07, 6.45) is 7.51. The van der Waals surface area contributed by atoms with Crippen LogP contribution in [0.1, 0.15) is 13.8 Å². The molecule has 3 rings (SSSR count). The first-order valence-electron chi connectivity index (χ1n) is 6.58. The van der Waals surface area contributed by atoms with Crippen LogP contribution in [0.15, 0.2) is 54.6 Å². The van der Waals surface area contributed by atoms with Gasteiger partial charge in [0.15, 0.2) is 5.78 Å². The number of aliphatic hydroxyl groups excluding tert-OH is 1. The third kappa shape index (κ3) is 5.39. The van der Waals surface area contributed by atoms with Gasteiger partial charge in [-0.1, -0.05) is 24.3 Å². The number of aromatic nitrogens is 4. The van der Waals surface area contributed by atoms with E-state index in [1.54, 1.807) is 17.0 Å². The number of pyridine rings is 2. The molecule has 121 valence electrons. The Morgan fingerprint density at radius 1 is 1.17 bits per heavy atom. The number of hydrogen-bond acceptors (Lipinski definition) is 5. The molecule has 0 bridgehead atoms. The monoisotopic (exact) mass is 488 g/mol. The van der Waals surface area contributed by atoms with Crippen LogP contribution in [0, 0.1) is 6.33 Å². The number of hydrogen-bond donors (Lipinski definition) is 1. The summed E-state index contributed by atoms with van der Waals surface area (Å²) >= 11 is 0. The van der Waals surface area contributed by atoms with Crippen LogP contribution in [-0.2, 0) is 24.9 Å². The van der Waals surface area contributed by atoms with E-state index in [1.807, 2.05) is 30.3 Å². The largest absolute Gasteiger partial charge is 0.512 e. The third-order valence-electron chi connectivity index (χ3n) is 2.54. The van der Waals surface area contributed by atoms with Gasteiger partial charge < -0.3 is 14.7 Å². The number of imidazole rings is 1. The maximum atomic E-state index is 10.0. The average molecular weight is 488 g/mol. The van der Waals surface area contributed by atoms with Gasteiger partial charge in [-0.25, -0.2) is 0 Å². The van der Waals surface area contributed by atoms with Crippen molar-refractivity contribution >= 4 is 16.9 Å². The zero-order valence-corrected chi connectivity index (χ0v) is 15.0. The molecular formula is C16H15IrN4O2-. The second kappa shape index (κ2) is 8.92. The fourth-order valence-corrected chi connectivity index (χ4v) is 1.74. The van der Waals surface area contributed by atoms with Crippen LogP contribution < -0.4 is 0 Å². The summed E-state index contributed by atoms with van der Waals surface area (Å²) in [7, 11) is 0. The summed E-state index contributed by atoms with van der Waals surface area (Å²) in [5.41, 5.74) is 1.60. The first-order valence-corrected chi connectivity index (χ1v) is 6.58. The Balaban J connectivity index is 0.000000287. The number of carbonyl (C=O) groups excluding carboxylic acids is 1. The van der Waals surface area contributed by atoms with Crippen LogP contribution in [0.3, 0.4) is 0 Å². The second-order valence-corrected chi connectivity index (χ2v) is 4.48. The van der Waals surface area contributed by atoms with Crippen LogP contribution in [0.25, 0.3) is 17.0 Å². The Kier molecular flexibility index (Phi) is 7.25. The Labute approximate surface area is 147 Å². The molecule has 0 aromatic carbocycles. The molecule has 6 nitrogen and oxygen atoms in total. The minimum atomic E-state index is -0.125. The molecule has 1 radical (unpaired) electrons. The van der Waals surface area contributed by atoms with E-state index in [0.29, 0.717) is 0 Å². The van der Waals surface area contributed by atoms with E-state index in [2.05, 4.69) is 21.3 Å². The van der Waals surface area contributed by atoms with Gasteiger partial charge in [-0.15, -0.1) is 0 Å². The molecule has 23 heavy (non-hydrogen) atoms. The number of ketones is 1. The molecule has 3 aromatic rings. The van der Waals surface area contributed by atoms with E-state index >= 15 is 0 Å². The van der Waals surface area contributed by atoms with Crippen LogP contribution in [0.4, 0.5) is 0 Å². The molecule has 3 aromatic heterocycles. The number of fused-ring (bicyclic) bond motifs is 1. The molecule has 0 aliphatic heterocycles. The van der Waals surface area contributed by atoms with E-state index in [-0.39, 0.29) is 31.6 Å². The summed E-state index contributed by atoms with van der Waals surface area (Å²) in [6, 6.07) is 9.44. The normalized spacial score (nSPS) is 10.4. The fourth-order valence-electron chi connectivity index (χ4n) is 1.74. The smallest absolute Gasteiger partial charge is 0.155 e. The molecule has 7 heteroatoms. The topological polar surface area (TPSA) is 80.9 Å². The van der Waals surface area contributed by atoms with Gasteiger partial charge in [0.25, 0.3) is 0 Å². The van der Waals surface area contributed by atoms with Crippen LogP contribution in [-0.4, -0.2) is 30.4 Å². The van der Waals surface area contributed by atoms with E-state index in [0.717, 1.165) is 17.0 Å². The third-order valence-corrected chi connectivity index (χ3v) is 2.54. The summed E-state index contributed by atoms with van der Waals surface area (Å²) < 4.78 is 1.75. The van der Waals surface area contributed by atoms with Crippen molar-refractivity contribution in [3.63, 3.8) is 0 Å². The average Bonchev–Trinajstić information content (AvgIpc) is 2.91. The molecule has 0 aliphatic rings. The molecule has 3 heterocycles.